The van der Waals surface area contributed by atoms with Crippen LogP contribution in [0.2, 0.25) is 0 Å². The molecule has 1 heterocycles. The molecule has 1 aromatic heterocycles. The summed E-state index contributed by atoms with van der Waals surface area (Å²) in [5.41, 5.74) is 2.71. The van der Waals surface area contributed by atoms with Gasteiger partial charge in [-0.25, -0.2) is 4.98 Å². The van der Waals surface area contributed by atoms with Crippen molar-refractivity contribution in [3.05, 3.63) is 34.3 Å². The minimum Gasteiger partial charge on any atom is -0.323 e. The predicted octanol–water partition coefficient (Wildman–Crippen LogP) is 3.91. The summed E-state index contributed by atoms with van der Waals surface area (Å²) in [6.07, 6.45) is 5.03. The van der Waals surface area contributed by atoms with Gasteiger partial charge in [-0.05, 0) is 51.7 Å². The first-order valence-corrected chi connectivity index (χ1v) is 9.90. The van der Waals surface area contributed by atoms with Crippen molar-refractivity contribution in [2.75, 3.05) is 33.2 Å². The molecular weight excluding hydrogens is 324 g/mol. The lowest BCUT2D eigenvalue weighted by Gasteiger charge is -2.13. The number of aryl methyl sites for hydroxylation is 1. The summed E-state index contributed by atoms with van der Waals surface area (Å²) in [6, 6.07) is 10.5. The molecule has 0 unspecified atom stereocenters. The van der Waals surface area contributed by atoms with E-state index in [9.17, 15) is 5.26 Å². The first kappa shape index (κ1) is 17.9. The van der Waals surface area contributed by atoms with Crippen LogP contribution in [0.3, 0.4) is 0 Å². The Hall–Kier alpha value is -1.42. The average Bonchev–Trinajstić information content (AvgIpc) is 2.90. The Morgan fingerprint density at radius 1 is 1.26 bits per heavy atom. The molecule has 2 rings (SSSR count). The minimum absolute atomic E-state index is 0.672. The molecule has 0 amide bonds. The number of para-hydroxylation sites is 2. The van der Waals surface area contributed by atoms with Gasteiger partial charge in [-0.15, -0.1) is 23.5 Å². The van der Waals surface area contributed by atoms with Gasteiger partial charge in [0.05, 0.1) is 15.3 Å². The predicted molar refractivity (Wildman–Crippen MR) is 102 cm³/mol. The van der Waals surface area contributed by atoms with E-state index in [1.165, 1.54) is 0 Å². The van der Waals surface area contributed by atoms with E-state index in [0.717, 1.165) is 40.6 Å². The zero-order valence-electron chi connectivity index (χ0n) is 14.0. The van der Waals surface area contributed by atoms with Crippen LogP contribution in [0.4, 0.5) is 0 Å². The fourth-order valence-corrected chi connectivity index (χ4v) is 3.86. The molecule has 0 atom stereocenters. The molecule has 0 fully saturated rings. The molecule has 2 aromatic rings. The number of allylic oxidation sites excluding steroid dienone is 1. The standard InChI is InChI=1S/C17H22N4S2/c1-20(2)10-7-11-21-15-9-6-5-8-14(15)19-16(21)13(12-18)17(22-3)23-4/h5-6,8-9H,7,10-11H2,1-4H3. The van der Waals surface area contributed by atoms with Gasteiger partial charge in [0, 0.05) is 6.54 Å². The molecule has 0 bridgehead atoms. The highest BCUT2D eigenvalue weighted by Crippen LogP contribution is 2.33. The van der Waals surface area contributed by atoms with E-state index in [-0.39, 0.29) is 0 Å². The van der Waals surface area contributed by atoms with Crippen LogP contribution in [0, 0.1) is 11.3 Å². The molecule has 0 aliphatic rings. The summed E-state index contributed by atoms with van der Waals surface area (Å²) in [7, 11) is 4.15. The Kier molecular flexibility index (Phi) is 6.58. The molecule has 122 valence electrons. The molecule has 4 nitrogen and oxygen atoms in total. The van der Waals surface area contributed by atoms with E-state index in [2.05, 4.69) is 35.7 Å². The van der Waals surface area contributed by atoms with Gasteiger partial charge in [0.15, 0.2) is 5.82 Å². The van der Waals surface area contributed by atoms with Crippen LogP contribution in [-0.4, -0.2) is 47.6 Å². The molecule has 0 saturated heterocycles. The maximum absolute atomic E-state index is 9.68. The second kappa shape index (κ2) is 8.44. The maximum Gasteiger partial charge on any atom is 0.153 e. The summed E-state index contributed by atoms with van der Waals surface area (Å²) in [5, 5.41) is 9.68. The Balaban J connectivity index is 2.54. The molecule has 23 heavy (non-hydrogen) atoms. The van der Waals surface area contributed by atoms with Crippen molar-refractivity contribution in [2.45, 2.75) is 13.0 Å². The van der Waals surface area contributed by atoms with Crippen LogP contribution >= 0.6 is 23.5 Å². The number of imidazole rings is 1. The van der Waals surface area contributed by atoms with Gasteiger partial charge in [0.2, 0.25) is 0 Å². The molecule has 6 heteroatoms. The molecule has 0 N–H and O–H groups in total. The van der Waals surface area contributed by atoms with Crippen LogP contribution in [0.1, 0.15) is 12.2 Å². The van der Waals surface area contributed by atoms with Crippen LogP contribution < -0.4 is 0 Å². The van der Waals surface area contributed by atoms with E-state index < -0.39 is 0 Å². The van der Waals surface area contributed by atoms with E-state index >= 15 is 0 Å². The lowest BCUT2D eigenvalue weighted by atomic mass is 10.3. The zero-order chi connectivity index (χ0) is 16.8. The molecule has 0 aliphatic carbocycles. The third-order valence-corrected chi connectivity index (χ3v) is 5.70. The number of hydrogen-bond donors (Lipinski definition) is 0. The molecule has 0 aliphatic heterocycles. The number of benzene rings is 1. The van der Waals surface area contributed by atoms with Crippen molar-refractivity contribution in [3.63, 3.8) is 0 Å². The van der Waals surface area contributed by atoms with Crippen LogP contribution in [0.25, 0.3) is 16.6 Å². The number of fused-ring (bicyclic) bond motifs is 1. The van der Waals surface area contributed by atoms with Gasteiger partial charge in [0.1, 0.15) is 11.6 Å². The van der Waals surface area contributed by atoms with E-state index in [0.29, 0.717) is 5.57 Å². The largest absolute Gasteiger partial charge is 0.323 e. The number of rotatable bonds is 7. The molecule has 0 radical (unpaired) electrons. The molecule has 1 aromatic carbocycles. The Morgan fingerprint density at radius 2 is 1.96 bits per heavy atom. The molecule has 0 saturated carbocycles. The van der Waals surface area contributed by atoms with E-state index in [1.54, 1.807) is 23.5 Å². The quantitative estimate of drug-likeness (QED) is 0.711. The Labute approximate surface area is 146 Å². The fourth-order valence-electron chi connectivity index (χ4n) is 2.51. The van der Waals surface area contributed by atoms with E-state index in [1.807, 2.05) is 30.7 Å². The third-order valence-electron chi connectivity index (χ3n) is 3.55. The topological polar surface area (TPSA) is 44.9 Å². The van der Waals surface area contributed by atoms with Gasteiger partial charge in [-0.2, -0.15) is 5.26 Å². The third kappa shape index (κ3) is 4.11. The second-order valence-electron chi connectivity index (χ2n) is 5.42. The van der Waals surface area contributed by atoms with Gasteiger partial charge < -0.3 is 9.47 Å². The monoisotopic (exact) mass is 346 g/mol. The average molecular weight is 347 g/mol. The van der Waals surface area contributed by atoms with E-state index in [4.69, 9.17) is 4.98 Å². The fraction of sp³-hybridized carbons (Fsp3) is 0.412. The van der Waals surface area contributed by atoms with Crippen LogP contribution in [0.15, 0.2) is 28.5 Å². The minimum atomic E-state index is 0.672. The summed E-state index contributed by atoms with van der Waals surface area (Å²) in [5.74, 6) is 0.783. The Morgan fingerprint density at radius 3 is 2.57 bits per heavy atom. The maximum atomic E-state index is 9.68. The zero-order valence-corrected chi connectivity index (χ0v) is 15.7. The van der Waals surface area contributed by atoms with Crippen molar-refractivity contribution >= 4 is 40.1 Å². The molecule has 0 spiro atoms. The highest BCUT2D eigenvalue weighted by molar-refractivity contribution is 8.21. The number of hydrogen-bond acceptors (Lipinski definition) is 5. The van der Waals surface area contributed by atoms with Crippen molar-refractivity contribution in [3.8, 4) is 6.07 Å². The smallest absolute Gasteiger partial charge is 0.153 e. The number of nitrogens with zero attached hydrogens (tertiary/aromatic N) is 4. The van der Waals surface area contributed by atoms with Gasteiger partial charge in [0.25, 0.3) is 0 Å². The number of aromatic nitrogens is 2. The highest BCUT2D eigenvalue weighted by atomic mass is 32.2. The van der Waals surface area contributed by atoms with Crippen molar-refractivity contribution in [2.24, 2.45) is 0 Å². The lowest BCUT2D eigenvalue weighted by molar-refractivity contribution is 0.387. The summed E-state index contributed by atoms with van der Waals surface area (Å²) in [6.45, 7) is 1.87. The van der Waals surface area contributed by atoms with Crippen LogP contribution in [-0.2, 0) is 6.54 Å². The normalized spacial score (nSPS) is 11.0. The summed E-state index contributed by atoms with van der Waals surface area (Å²) >= 11 is 3.21. The highest BCUT2D eigenvalue weighted by Gasteiger charge is 2.17. The number of nitriles is 1. The van der Waals surface area contributed by atoms with Gasteiger partial charge in [-0.3, -0.25) is 0 Å². The summed E-state index contributed by atoms with van der Waals surface area (Å²) < 4.78 is 3.20. The summed E-state index contributed by atoms with van der Waals surface area (Å²) in [4.78, 5) is 6.92. The second-order valence-corrected chi connectivity index (χ2v) is 7.31. The van der Waals surface area contributed by atoms with Crippen molar-refractivity contribution in [1.29, 1.82) is 5.26 Å². The Bertz CT molecular complexity index is 735. The molecular formula is C17H22N4S2. The lowest BCUT2D eigenvalue weighted by Crippen LogP contribution is -2.15. The SMILES string of the molecule is CSC(SC)=C(C#N)c1nc2ccccc2n1CCCN(C)C. The van der Waals surface area contributed by atoms with Gasteiger partial charge in [-0.1, -0.05) is 12.1 Å². The van der Waals surface area contributed by atoms with Crippen molar-refractivity contribution < 1.29 is 0 Å². The first-order valence-electron chi connectivity index (χ1n) is 7.45. The first-order chi connectivity index (χ1) is 11.1. The van der Waals surface area contributed by atoms with Crippen LogP contribution in [0.5, 0.6) is 0 Å². The number of thioether (sulfide) groups is 2. The van der Waals surface area contributed by atoms with Crippen molar-refractivity contribution in [1.82, 2.24) is 14.5 Å². The van der Waals surface area contributed by atoms with Gasteiger partial charge >= 0.3 is 0 Å².